The SMILES string of the molecule is CC(C)N1CCC(N(C)C(=O)c2csc(-c3ccc(F)cc3)n2)CC1. The molecule has 0 unspecified atom stereocenters. The molecular formula is C19H24FN3OS. The number of thiazole rings is 1. The number of likely N-dealkylation sites (tertiary alicyclic amines) is 1. The van der Waals surface area contributed by atoms with Crippen LogP contribution < -0.4 is 0 Å². The predicted molar refractivity (Wildman–Crippen MR) is 99.3 cm³/mol. The molecule has 1 amide bonds. The molecule has 134 valence electrons. The lowest BCUT2D eigenvalue weighted by molar-refractivity contribution is 0.0610. The molecule has 1 aliphatic heterocycles. The molecule has 0 saturated carbocycles. The van der Waals surface area contributed by atoms with Crippen LogP contribution in [0.25, 0.3) is 10.6 Å². The van der Waals surface area contributed by atoms with Gasteiger partial charge in [0.15, 0.2) is 0 Å². The Morgan fingerprint density at radius 2 is 1.92 bits per heavy atom. The molecule has 0 bridgehead atoms. The van der Waals surface area contributed by atoms with Crippen molar-refractivity contribution in [1.82, 2.24) is 14.8 Å². The zero-order chi connectivity index (χ0) is 18.0. The number of aromatic nitrogens is 1. The van der Waals surface area contributed by atoms with Crippen molar-refractivity contribution in [1.29, 1.82) is 0 Å². The van der Waals surface area contributed by atoms with Gasteiger partial charge in [-0.1, -0.05) is 0 Å². The van der Waals surface area contributed by atoms with Crippen molar-refractivity contribution in [3.05, 3.63) is 41.2 Å². The molecule has 6 heteroatoms. The maximum absolute atomic E-state index is 13.0. The summed E-state index contributed by atoms with van der Waals surface area (Å²) in [7, 11) is 1.87. The highest BCUT2D eigenvalue weighted by Gasteiger charge is 2.27. The van der Waals surface area contributed by atoms with E-state index in [0.717, 1.165) is 36.5 Å². The summed E-state index contributed by atoms with van der Waals surface area (Å²) >= 11 is 1.42. The third-order valence-corrected chi connectivity index (χ3v) is 5.80. The molecule has 2 aromatic rings. The van der Waals surface area contributed by atoms with Crippen LogP contribution in [0.5, 0.6) is 0 Å². The molecule has 1 fully saturated rings. The van der Waals surface area contributed by atoms with Crippen molar-refractivity contribution >= 4 is 17.2 Å². The van der Waals surface area contributed by atoms with Crippen molar-refractivity contribution in [2.45, 2.75) is 38.8 Å². The van der Waals surface area contributed by atoms with Crippen LogP contribution in [0.15, 0.2) is 29.6 Å². The van der Waals surface area contributed by atoms with E-state index in [9.17, 15) is 9.18 Å². The second-order valence-electron chi connectivity index (χ2n) is 6.82. The van der Waals surface area contributed by atoms with Gasteiger partial charge in [0.2, 0.25) is 0 Å². The minimum Gasteiger partial charge on any atom is -0.337 e. The minimum absolute atomic E-state index is 0.0346. The molecule has 0 radical (unpaired) electrons. The highest BCUT2D eigenvalue weighted by Crippen LogP contribution is 2.25. The van der Waals surface area contributed by atoms with Crippen molar-refractivity contribution in [2.24, 2.45) is 0 Å². The number of nitrogens with zero attached hydrogens (tertiary/aromatic N) is 3. The fraction of sp³-hybridized carbons (Fsp3) is 0.474. The molecule has 0 atom stereocenters. The molecule has 1 aromatic carbocycles. The van der Waals surface area contributed by atoms with Gasteiger partial charge >= 0.3 is 0 Å². The van der Waals surface area contributed by atoms with Crippen LogP contribution in [-0.4, -0.2) is 52.9 Å². The molecule has 2 heterocycles. The number of hydrogen-bond donors (Lipinski definition) is 0. The fourth-order valence-electron chi connectivity index (χ4n) is 3.23. The van der Waals surface area contributed by atoms with E-state index in [-0.39, 0.29) is 17.8 Å². The number of carbonyl (C=O) groups excluding carboxylic acids is 1. The van der Waals surface area contributed by atoms with Gasteiger partial charge in [0.25, 0.3) is 5.91 Å². The summed E-state index contributed by atoms with van der Waals surface area (Å²) in [6, 6.07) is 7.01. The van der Waals surface area contributed by atoms with Crippen molar-refractivity contribution < 1.29 is 9.18 Å². The number of rotatable bonds is 4. The first-order chi connectivity index (χ1) is 12.0. The standard InChI is InChI=1S/C19H24FN3OS/c1-13(2)23-10-8-16(9-11-23)22(3)19(24)17-12-25-18(21-17)14-4-6-15(20)7-5-14/h4-7,12-13,16H,8-11H2,1-3H3. The van der Waals surface area contributed by atoms with Crippen LogP contribution in [-0.2, 0) is 0 Å². The number of amides is 1. The summed E-state index contributed by atoms with van der Waals surface area (Å²) in [6.07, 6.45) is 1.99. The lowest BCUT2D eigenvalue weighted by atomic mass is 10.0. The zero-order valence-electron chi connectivity index (χ0n) is 14.9. The van der Waals surface area contributed by atoms with E-state index in [0.29, 0.717) is 11.7 Å². The third-order valence-electron chi connectivity index (χ3n) is 4.91. The molecule has 1 aromatic heterocycles. The van der Waals surface area contributed by atoms with E-state index >= 15 is 0 Å². The smallest absolute Gasteiger partial charge is 0.273 e. The van der Waals surface area contributed by atoms with E-state index in [1.165, 1.54) is 23.5 Å². The Morgan fingerprint density at radius 1 is 1.28 bits per heavy atom. The van der Waals surface area contributed by atoms with E-state index in [2.05, 4.69) is 23.7 Å². The van der Waals surface area contributed by atoms with Gasteiger partial charge in [-0.15, -0.1) is 11.3 Å². The minimum atomic E-state index is -0.274. The molecule has 3 rings (SSSR count). The van der Waals surface area contributed by atoms with Gasteiger partial charge in [-0.3, -0.25) is 4.79 Å². The van der Waals surface area contributed by atoms with Crippen molar-refractivity contribution in [3.63, 3.8) is 0 Å². The number of benzene rings is 1. The highest BCUT2D eigenvalue weighted by molar-refractivity contribution is 7.13. The third kappa shape index (κ3) is 4.07. The Morgan fingerprint density at radius 3 is 2.52 bits per heavy atom. The van der Waals surface area contributed by atoms with Gasteiger partial charge in [-0.2, -0.15) is 0 Å². The maximum Gasteiger partial charge on any atom is 0.273 e. The maximum atomic E-state index is 13.0. The van der Waals surface area contributed by atoms with Gasteiger partial charge in [0.05, 0.1) is 0 Å². The molecule has 25 heavy (non-hydrogen) atoms. The molecular weight excluding hydrogens is 337 g/mol. The molecule has 0 aliphatic carbocycles. The fourth-order valence-corrected chi connectivity index (χ4v) is 4.03. The van der Waals surface area contributed by atoms with Gasteiger partial charge in [-0.25, -0.2) is 9.37 Å². The molecule has 1 saturated heterocycles. The number of carbonyl (C=O) groups is 1. The Bertz CT molecular complexity index is 721. The average Bonchev–Trinajstić information content (AvgIpc) is 3.11. The summed E-state index contributed by atoms with van der Waals surface area (Å²) in [5.41, 5.74) is 1.30. The van der Waals surface area contributed by atoms with Gasteiger partial charge < -0.3 is 9.80 Å². The summed E-state index contributed by atoms with van der Waals surface area (Å²) in [5, 5.41) is 2.53. The monoisotopic (exact) mass is 361 g/mol. The van der Waals surface area contributed by atoms with Gasteiger partial charge in [0.1, 0.15) is 16.5 Å². The Kier molecular flexibility index (Phi) is 5.49. The first-order valence-corrected chi connectivity index (χ1v) is 9.56. The molecule has 0 N–H and O–H groups in total. The van der Waals surface area contributed by atoms with Gasteiger partial charge in [-0.05, 0) is 51.0 Å². The van der Waals surface area contributed by atoms with Gasteiger partial charge in [0, 0.05) is 43.2 Å². The second kappa shape index (κ2) is 7.62. The zero-order valence-corrected chi connectivity index (χ0v) is 15.7. The Labute approximate surface area is 152 Å². The van der Waals surface area contributed by atoms with Crippen LogP contribution in [0.1, 0.15) is 37.2 Å². The first-order valence-electron chi connectivity index (χ1n) is 8.68. The molecule has 4 nitrogen and oxygen atoms in total. The topological polar surface area (TPSA) is 36.4 Å². The van der Waals surface area contributed by atoms with E-state index in [4.69, 9.17) is 0 Å². The van der Waals surface area contributed by atoms with E-state index < -0.39 is 0 Å². The molecule has 0 spiro atoms. The second-order valence-corrected chi connectivity index (χ2v) is 7.68. The summed E-state index contributed by atoms with van der Waals surface area (Å²) in [4.78, 5) is 21.5. The predicted octanol–water partition coefficient (Wildman–Crippen LogP) is 3.89. The lowest BCUT2D eigenvalue weighted by Crippen LogP contribution is -2.47. The highest BCUT2D eigenvalue weighted by atomic mass is 32.1. The van der Waals surface area contributed by atoms with Crippen molar-refractivity contribution in [3.8, 4) is 10.6 Å². The quantitative estimate of drug-likeness (QED) is 0.829. The first kappa shape index (κ1) is 18.0. The van der Waals surface area contributed by atoms with Crippen molar-refractivity contribution in [2.75, 3.05) is 20.1 Å². The summed E-state index contributed by atoms with van der Waals surface area (Å²) in [6.45, 7) is 6.47. The number of piperidine rings is 1. The average molecular weight is 361 g/mol. The van der Waals surface area contributed by atoms with Crippen LogP contribution in [0.2, 0.25) is 0 Å². The lowest BCUT2D eigenvalue weighted by Gasteiger charge is -2.38. The molecule has 1 aliphatic rings. The van der Waals surface area contributed by atoms with E-state index in [1.807, 2.05) is 11.9 Å². The largest absolute Gasteiger partial charge is 0.337 e. The van der Waals surface area contributed by atoms with Crippen LogP contribution in [0, 0.1) is 5.82 Å². The summed E-state index contributed by atoms with van der Waals surface area (Å²) in [5.74, 6) is -0.309. The van der Waals surface area contributed by atoms with Crippen LogP contribution >= 0.6 is 11.3 Å². The van der Waals surface area contributed by atoms with E-state index in [1.54, 1.807) is 17.5 Å². The summed E-state index contributed by atoms with van der Waals surface area (Å²) < 4.78 is 13.0. The number of hydrogen-bond acceptors (Lipinski definition) is 4. The van der Waals surface area contributed by atoms with Crippen LogP contribution in [0.4, 0.5) is 4.39 Å². The normalized spacial score (nSPS) is 16.4. The Hall–Kier alpha value is -1.79. The Balaban J connectivity index is 1.66. The van der Waals surface area contributed by atoms with Crippen LogP contribution in [0.3, 0.4) is 0 Å². The number of halogens is 1.